The maximum Gasteiger partial charge on any atom is 0.0377 e. The van der Waals surface area contributed by atoms with Crippen molar-refractivity contribution in [1.82, 2.24) is 0 Å². The third kappa shape index (κ3) is 3.26. The lowest BCUT2D eigenvalue weighted by Crippen LogP contribution is -2.22. The van der Waals surface area contributed by atoms with Crippen LogP contribution in [-0.4, -0.2) is 6.04 Å². The maximum atomic E-state index is 3.59. The van der Waals surface area contributed by atoms with Crippen molar-refractivity contribution >= 4 is 5.69 Å². The molecule has 0 fully saturated rings. The Morgan fingerprint density at radius 3 is 2.07 bits per heavy atom. The molecule has 0 saturated carbocycles. The van der Waals surface area contributed by atoms with E-state index in [-0.39, 0.29) is 0 Å². The van der Waals surface area contributed by atoms with Gasteiger partial charge < -0.3 is 5.32 Å². The van der Waals surface area contributed by atoms with Crippen LogP contribution in [0.2, 0.25) is 0 Å². The van der Waals surface area contributed by atoms with Crippen molar-refractivity contribution in [2.45, 2.75) is 46.6 Å². The largest absolute Gasteiger partial charge is 0.382 e. The van der Waals surface area contributed by atoms with E-state index in [0.717, 1.165) is 0 Å². The van der Waals surface area contributed by atoms with E-state index < -0.39 is 0 Å². The summed E-state index contributed by atoms with van der Waals surface area (Å²) in [5, 5.41) is 3.59. The number of nitrogens with one attached hydrogen (secondary N) is 1. The highest BCUT2D eigenvalue weighted by Gasteiger charge is 2.10. The summed E-state index contributed by atoms with van der Waals surface area (Å²) in [6.07, 6.45) is 0. The number of hydrogen-bond donors (Lipinski definition) is 1. The van der Waals surface area contributed by atoms with Crippen molar-refractivity contribution in [3.05, 3.63) is 29.8 Å². The van der Waals surface area contributed by atoms with Gasteiger partial charge in [0.1, 0.15) is 0 Å². The SMILES string of the molecule is CC(C)c1ccccc1NC(C)C(C)C. The lowest BCUT2D eigenvalue weighted by atomic mass is 9.99. The summed E-state index contributed by atoms with van der Waals surface area (Å²) in [5.74, 6) is 1.23. The van der Waals surface area contributed by atoms with Crippen LogP contribution in [0.1, 0.15) is 46.1 Å². The first-order valence-corrected chi connectivity index (χ1v) is 5.87. The predicted octanol–water partition coefficient (Wildman–Crippen LogP) is 4.27. The zero-order valence-electron chi connectivity index (χ0n) is 10.5. The van der Waals surface area contributed by atoms with E-state index in [4.69, 9.17) is 0 Å². The van der Waals surface area contributed by atoms with Gasteiger partial charge in [-0.2, -0.15) is 0 Å². The molecule has 1 rings (SSSR count). The van der Waals surface area contributed by atoms with Gasteiger partial charge in [-0.1, -0.05) is 45.9 Å². The molecule has 1 aromatic rings. The Balaban J connectivity index is 2.84. The van der Waals surface area contributed by atoms with Gasteiger partial charge in [0, 0.05) is 11.7 Å². The fraction of sp³-hybridized carbons (Fsp3) is 0.571. The van der Waals surface area contributed by atoms with Gasteiger partial charge in [0.2, 0.25) is 0 Å². The molecule has 0 heterocycles. The smallest absolute Gasteiger partial charge is 0.0377 e. The first-order valence-electron chi connectivity index (χ1n) is 5.87. The van der Waals surface area contributed by atoms with Crippen LogP contribution < -0.4 is 5.32 Å². The maximum absolute atomic E-state index is 3.59. The minimum atomic E-state index is 0.518. The zero-order chi connectivity index (χ0) is 11.4. The van der Waals surface area contributed by atoms with Gasteiger partial charge in [-0.05, 0) is 30.4 Å². The topological polar surface area (TPSA) is 12.0 Å². The van der Waals surface area contributed by atoms with Gasteiger partial charge in [-0.3, -0.25) is 0 Å². The molecular weight excluding hydrogens is 182 g/mol. The molecule has 0 saturated heterocycles. The lowest BCUT2D eigenvalue weighted by Gasteiger charge is -2.22. The second-order valence-electron chi connectivity index (χ2n) is 4.92. The van der Waals surface area contributed by atoms with E-state index in [1.807, 2.05) is 0 Å². The second kappa shape index (κ2) is 5.20. The van der Waals surface area contributed by atoms with E-state index in [2.05, 4.69) is 64.2 Å². The summed E-state index contributed by atoms with van der Waals surface area (Å²) in [6, 6.07) is 9.11. The monoisotopic (exact) mass is 205 g/mol. The van der Waals surface area contributed by atoms with E-state index in [9.17, 15) is 0 Å². The molecule has 0 bridgehead atoms. The molecule has 15 heavy (non-hydrogen) atoms. The number of benzene rings is 1. The Labute approximate surface area is 93.9 Å². The third-order valence-electron chi connectivity index (χ3n) is 2.97. The number of anilines is 1. The summed E-state index contributed by atoms with van der Waals surface area (Å²) in [4.78, 5) is 0. The number of rotatable bonds is 4. The van der Waals surface area contributed by atoms with Gasteiger partial charge in [-0.25, -0.2) is 0 Å². The van der Waals surface area contributed by atoms with E-state index >= 15 is 0 Å². The van der Waals surface area contributed by atoms with Gasteiger partial charge >= 0.3 is 0 Å². The predicted molar refractivity (Wildman–Crippen MR) is 68.5 cm³/mol. The Bertz CT molecular complexity index is 302. The van der Waals surface area contributed by atoms with Crippen LogP contribution in [0.25, 0.3) is 0 Å². The van der Waals surface area contributed by atoms with Crippen LogP contribution in [0, 0.1) is 5.92 Å². The molecule has 0 spiro atoms. The zero-order valence-corrected chi connectivity index (χ0v) is 10.5. The van der Waals surface area contributed by atoms with Crippen molar-refractivity contribution in [2.75, 3.05) is 5.32 Å². The van der Waals surface area contributed by atoms with Crippen molar-refractivity contribution in [2.24, 2.45) is 5.92 Å². The molecule has 0 amide bonds. The normalized spacial score (nSPS) is 13.3. The average molecular weight is 205 g/mol. The molecule has 1 atom stereocenters. The quantitative estimate of drug-likeness (QED) is 0.774. The molecule has 1 aromatic carbocycles. The molecule has 0 aliphatic heterocycles. The van der Waals surface area contributed by atoms with Gasteiger partial charge in [0.15, 0.2) is 0 Å². The number of para-hydroxylation sites is 1. The van der Waals surface area contributed by atoms with Crippen LogP contribution in [0.15, 0.2) is 24.3 Å². The highest BCUT2D eigenvalue weighted by Crippen LogP contribution is 2.25. The fourth-order valence-corrected chi connectivity index (χ4v) is 1.54. The Kier molecular flexibility index (Phi) is 4.19. The molecule has 0 aliphatic carbocycles. The first-order chi connectivity index (χ1) is 7.02. The average Bonchev–Trinajstić information content (AvgIpc) is 2.18. The summed E-state index contributed by atoms with van der Waals surface area (Å²) in [5.41, 5.74) is 2.69. The first kappa shape index (κ1) is 12.1. The highest BCUT2D eigenvalue weighted by atomic mass is 14.9. The third-order valence-corrected chi connectivity index (χ3v) is 2.97. The van der Waals surface area contributed by atoms with Crippen molar-refractivity contribution in [1.29, 1.82) is 0 Å². The van der Waals surface area contributed by atoms with Gasteiger partial charge in [0.25, 0.3) is 0 Å². The van der Waals surface area contributed by atoms with Crippen LogP contribution >= 0.6 is 0 Å². The highest BCUT2D eigenvalue weighted by molar-refractivity contribution is 5.53. The van der Waals surface area contributed by atoms with Crippen molar-refractivity contribution < 1.29 is 0 Å². The van der Waals surface area contributed by atoms with Gasteiger partial charge in [-0.15, -0.1) is 0 Å². The molecule has 0 radical (unpaired) electrons. The molecule has 0 aliphatic rings. The van der Waals surface area contributed by atoms with Gasteiger partial charge in [0.05, 0.1) is 0 Å². The molecular formula is C14H23N. The molecule has 1 heteroatoms. The van der Waals surface area contributed by atoms with Crippen LogP contribution in [0.5, 0.6) is 0 Å². The molecule has 84 valence electrons. The van der Waals surface area contributed by atoms with Crippen LogP contribution in [0.3, 0.4) is 0 Å². The van der Waals surface area contributed by atoms with Crippen LogP contribution in [-0.2, 0) is 0 Å². The molecule has 1 N–H and O–H groups in total. The second-order valence-corrected chi connectivity index (χ2v) is 4.92. The van der Waals surface area contributed by atoms with Crippen molar-refractivity contribution in [3.8, 4) is 0 Å². The van der Waals surface area contributed by atoms with E-state index in [1.165, 1.54) is 11.3 Å². The van der Waals surface area contributed by atoms with E-state index in [0.29, 0.717) is 17.9 Å². The van der Waals surface area contributed by atoms with Crippen LogP contribution in [0.4, 0.5) is 5.69 Å². The Morgan fingerprint density at radius 2 is 1.53 bits per heavy atom. The molecule has 0 aromatic heterocycles. The summed E-state index contributed by atoms with van der Waals surface area (Å²) < 4.78 is 0. The standard InChI is InChI=1S/C14H23N/c1-10(2)12(5)15-14-9-7-6-8-13(14)11(3)4/h6-12,15H,1-5H3. The summed E-state index contributed by atoms with van der Waals surface area (Å²) >= 11 is 0. The summed E-state index contributed by atoms with van der Waals surface area (Å²) in [6.45, 7) is 11.2. The Hall–Kier alpha value is -0.980. The fourth-order valence-electron chi connectivity index (χ4n) is 1.54. The number of hydrogen-bond acceptors (Lipinski definition) is 1. The Morgan fingerprint density at radius 1 is 0.933 bits per heavy atom. The van der Waals surface area contributed by atoms with E-state index in [1.54, 1.807) is 0 Å². The molecule has 1 nitrogen and oxygen atoms in total. The summed E-state index contributed by atoms with van der Waals surface area (Å²) in [7, 11) is 0. The minimum absolute atomic E-state index is 0.518. The molecule has 1 unspecified atom stereocenters. The lowest BCUT2D eigenvalue weighted by molar-refractivity contribution is 0.559. The minimum Gasteiger partial charge on any atom is -0.382 e. The van der Waals surface area contributed by atoms with Crippen molar-refractivity contribution in [3.63, 3.8) is 0 Å².